The maximum atomic E-state index is 13.2. The fourth-order valence-corrected chi connectivity index (χ4v) is 4.41. The van der Waals surface area contributed by atoms with E-state index in [9.17, 15) is 13.6 Å². The minimum Gasteiger partial charge on any atom is -0.473 e. The van der Waals surface area contributed by atoms with Gasteiger partial charge in [0.15, 0.2) is 5.52 Å². The van der Waals surface area contributed by atoms with Crippen LogP contribution in [0.2, 0.25) is 0 Å². The second-order valence-electron chi connectivity index (χ2n) is 9.23. The number of halogens is 2. The monoisotopic (exact) mass is 483 g/mol. The van der Waals surface area contributed by atoms with Gasteiger partial charge in [-0.1, -0.05) is 12.1 Å². The minimum absolute atomic E-state index is 0.145. The van der Waals surface area contributed by atoms with E-state index in [1.807, 2.05) is 49.3 Å². The molecule has 1 saturated heterocycles. The molecule has 3 heterocycles. The Morgan fingerprint density at radius 1 is 1.20 bits per heavy atom. The fourth-order valence-electron chi connectivity index (χ4n) is 4.41. The van der Waals surface area contributed by atoms with Crippen LogP contribution in [-0.2, 0) is 9.53 Å². The number of alkyl halides is 2. The number of benzene rings is 1. The van der Waals surface area contributed by atoms with E-state index in [1.165, 1.54) is 0 Å². The van der Waals surface area contributed by atoms with Gasteiger partial charge < -0.3 is 19.3 Å². The molecule has 3 aromatic rings. The Kier molecular flexibility index (Phi) is 6.22. The lowest BCUT2D eigenvalue weighted by Gasteiger charge is -2.40. The number of ether oxygens (including phenoxy) is 2. The van der Waals surface area contributed by atoms with Gasteiger partial charge in [0.05, 0.1) is 24.4 Å². The van der Waals surface area contributed by atoms with Gasteiger partial charge in [0.2, 0.25) is 17.7 Å². The zero-order chi connectivity index (χ0) is 24.6. The van der Waals surface area contributed by atoms with Crippen LogP contribution in [0.4, 0.5) is 14.5 Å². The summed E-state index contributed by atoms with van der Waals surface area (Å²) in [5, 5.41) is 0. The number of aromatic nitrogens is 3. The largest absolute Gasteiger partial charge is 0.473 e. The molecule has 184 valence electrons. The Hall–Kier alpha value is -3.40. The lowest BCUT2D eigenvalue weighted by molar-refractivity contribution is -0.166. The summed E-state index contributed by atoms with van der Waals surface area (Å²) in [5.74, 6) is -3.24. The molecule has 2 aromatic heterocycles. The van der Waals surface area contributed by atoms with Crippen LogP contribution in [-0.4, -0.2) is 78.2 Å². The molecule has 1 aromatic carbocycles. The Bertz CT molecular complexity index is 1210. The van der Waals surface area contributed by atoms with E-state index < -0.39 is 17.9 Å². The van der Waals surface area contributed by atoms with Gasteiger partial charge in [-0.25, -0.2) is 18.7 Å². The van der Waals surface area contributed by atoms with Gasteiger partial charge in [-0.15, -0.1) is 0 Å². The van der Waals surface area contributed by atoms with Crippen molar-refractivity contribution >= 4 is 22.6 Å². The van der Waals surface area contributed by atoms with Gasteiger partial charge in [-0.2, -0.15) is 0 Å². The second kappa shape index (κ2) is 9.33. The molecule has 0 spiro atoms. The van der Waals surface area contributed by atoms with Crippen molar-refractivity contribution in [2.45, 2.75) is 24.9 Å². The summed E-state index contributed by atoms with van der Waals surface area (Å²) in [6.07, 6.45) is 2.05. The summed E-state index contributed by atoms with van der Waals surface area (Å²) in [6.45, 7) is 1.15. The van der Waals surface area contributed by atoms with Crippen molar-refractivity contribution in [3.05, 3.63) is 42.7 Å². The van der Waals surface area contributed by atoms with Crippen LogP contribution >= 0.6 is 0 Å². The third-order valence-corrected chi connectivity index (χ3v) is 6.40. The number of fused-ring (bicyclic) bond motifs is 1. The molecule has 1 amide bonds. The number of carbonyl (C=O) groups excluding carboxylic acids is 1. The zero-order valence-electron chi connectivity index (χ0n) is 19.7. The van der Waals surface area contributed by atoms with Crippen molar-refractivity contribution in [3.8, 4) is 17.1 Å². The van der Waals surface area contributed by atoms with E-state index in [2.05, 4.69) is 9.97 Å². The third kappa shape index (κ3) is 5.02. The van der Waals surface area contributed by atoms with Gasteiger partial charge in [0.25, 0.3) is 0 Å². The first kappa shape index (κ1) is 23.3. The average Bonchev–Trinajstić information content (AvgIpc) is 2.85. The van der Waals surface area contributed by atoms with E-state index in [0.29, 0.717) is 35.8 Å². The molecule has 35 heavy (non-hydrogen) atoms. The molecule has 0 unspecified atom stereocenters. The minimum atomic E-state index is -2.72. The zero-order valence-corrected chi connectivity index (χ0v) is 19.7. The van der Waals surface area contributed by atoms with Crippen molar-refractivity contribution in [1.82, 2.24) is 19.9 Å². The van der Waals surface area contributed by atoms with E-state index in [1.54, 1.807) is 17.3 Å². The molecule has 0 N–H and O–H groups in total. The highest BCUT2D eigenvalue weighted by Gasteiger charge is 2.50. The second-order valence-corrected chi connectivity index (χ2v) is 9.23. The average molecular weight is 484 g/mol. The maximum Gasteiger partial charge on any atom is 0.249 e. The number of rotatable bonds is 6. The van der Waals surface area contributed by atoms with Crippen LogP contribution in [0.5, 0.6) is 5.88 Å². The lowest BCUT2D eigenvalue weighted by atomic mass is 9.80. The number of carbonyl (C=O) groups is 1. The Balaban J connectivity index is 1.31. The molecule has 1 aliphatic heterocycles. The number of morpholine rings is 1. The van der Waals surface area contributed by atoms with Crippen LogP contribution in [0.15, 0.2) is 42.7 Å². The summed E-state index contributed by atoms with van der Waals surface area (Å²) < 4.78 is 38.2. The Morgan fingerprint density at radius 2 is 1.94 bits per heavy atom. The number of amides is 1. The normalized spacial score (nSPS) is 19.9. The van der Waals surface area contributed by atoms with Crippen molar-refractivity contribution in [2.75, 3.05) is 45.3 Å². The SMILES string of the molecule is CN(C)c1ccc(-c2cc3nccnc3c(OC[C@H]3CN(C(=O)C4CC(F)(F)C4)CCO3)n2)cc1. The smallest absolute Gasteiger partial charge is 0.249 e. The molecule has 0 radical (unpaired) electrons. The molecular weight excluding hydrogens is 456 g/mol. The Morgan fingerprint density at radius 3 is 2.66 bits per heavy atom. The van der Waals surface area contributed by atoms with E-state index >= 15 is 0 Å². The molecule has 1 atom stereocenters. The highest BCUT2D eigenvalue weighted by atomic mass is 19.3. The molecule has 2 fully saturated rings. The van der Waals surface area contributed by atoms with Crippen molar-refractivity contribution in [3.63, 3.8) is 0 Å². The van der Waals surface area contributed by atoms with Crippen molar-refractivity contribution < 1.29 is 23.0 Å². The quantitative estimate of drug-likeness (QED) is 0.532. The van der Waals surface area contributed by atoms with E-state index in [-0.39, 0.29) is 31.9 Å². The van der Waals surface area contributed by atoms with E-state index in [0.717, 1.165) is 11.3 Å². The highest BCUT2D eigenvalue weighted by molar-refractivity contribution is 5.83. The topological polar surface area (TPSA) is 80.7 Å². The predicted octanol–water partition coefficient (Wildman–Crippen LogP) is 3.41. The van der Waals surface area contributed by atoms with Gasteiger partial charge in [-0.3, -0.25) is 9.78 Å². The van der Waals surface area contributed by atoms with Crippen molar-refractivity contribution in [1.29, 1.82) is 0 Å². The lowest BCUT2D eigenvalue weighted by Crippen LogP contribution is -2.53. The number of anilines is 1. The number of pyridine rings is 1. The summed E-state index contributed by atoms with van der Waals surface area (Å²) >= 11 is 0. The number of hydrogen-bond donors (Lipinski definition) is 0. The fraction of sp³-hybridized carbons (Fsp3) is 0.440. The molecule has 8 nitrogen and oxygen atoms in total. The van der Waals surface area contributed by atoms with Gasteiger partial charge >= 0.3 is 0 Å². The first-order valence-corrected chi connectivity index (χ1v) is 11.6. The number of hydrogen-bond acceptors (Lipinski definition) is 7. The van der Waals surface area contributed by atoms with Gasteiger partial charge in [-0.05, 0) is 18.2 Å². The summed E-state index contributed by atoms with van der Waals surface area (Å²) in [7, 11) is 3.96. The van der Waals surface area contributed by atoms with E-state index in [4.69, 9.17) is 14.5 Å². The van der Waals surface area contributed by atoms with Crippen LogP contribution in [0.1, 0.15) is 12.8 Å². The first-order valence-electron chi connectivity index (χ1n) is 11.6. The molecule has 0 bridgehead atoms. The summed E-state index contributed by atoms with van der Waals surface area (Å²) in [6, 6.07) is 9.87. The third-order valence-electron chi connectivity index (χ3n) is 6.40. The van der Waals surface area contributed by atoms with Crippen molar-refractivity contribution in [2.24, 2.45) is 5.92 Å². The van der Waals surface area contributed by atoms with Crippen LogP contribution in [0, 0.1) is 5.92 Å². The molecule has 5 rings (SSSR count). The highest BCUT2D eigenvalue weighted by Crippen LogP contribution is 2.43. The van der Waals surface area contributed by atoms with Gasteiger partial charge in [0, 0.05) is 63.0 Å². The summed E-state index contributed by atoms with van der Waals surface area (Å²) in [4.78, 5) is 29.7. The molecule has 10 heteroatoms. The van der Waals surface area contributed by atoms with Gasteiger partial charge in [0.1, 0.15) is 12.7 Å². The Labute approximate surface area is 201 Å². The first-order chi connectivity index (χ1) is 16.8. The summed E-state index contributed by atoms with van der Waals surface area (Å²) in [5.41, 5.74) is 3.87. The van der Waals surface area contributed by atoms with Crippen LogP contribution in [0.3, 0.4) is 0 Å². The predicted molar refractivity (Wildman–Crippen MR) is 127 cm³/mol. The number of nitrogens with zero attached hydrogens (tertiary/aromatic N) is 5. The molecule has 1 saturated carbocycles. The van der Waals surface area contributed by atoms with Crippen LogP contribution < -0.4 is 9.64 Å². The standard InChI is InChI=1S/C25H27F2N5O3/c1-31(2)18-5-3-16(4-6-18)20-11-21-22(29-8-7-28-21)23(30-20)35-15-19-14-32(9-10-34-19)24(33)17-12-25(26,27)13-17/h3-8,11,17,19H,9-10,12-15H2,1-2H3/t19-/m1/s1. The molecule has 1 aliphatic carbocycles. The molecular formula is C25H27F2N5O3. The molecule has 2 aliphatic rings. The van der Waals surface area contributed by atoms with Crippen LogP contribution in [0.25, 0.3) is 22.3 Å². The maximum absolute atomic E-state index is 13.2.